The normalized spacial score (nSPS) is 34.6. The van der Waals surface area contributed by atoms with Gasteiger partial charge in [0.25, 0.3) is 0 Å². The van der Waals surface area contributed by atoms with Gasteiger partial charge in [0.1, 0.15) is 6.61 Å². The maximum Gasteiger partial charge on any atom is 0.449 e. The Bertz CT molecular complexity index is 203. The monoisotopic (exact) mass is 208 g/mol. The molecule has 0 aromatic carbocycles. The third-order valence-corrected chi connectivity index (χ3v) is 1.51. The van der Waals surface area contributed by atoms with E-state index in [2.05, 4.69) is 9.47 Å². The zero-order chi connectivity index (χ0) is 10.3. The molecule has 1 rings (SSSR count). The highest BCUT2D eigenvalue weighted by Gasteiger charge is 2.72. The molecule has 0 aliphatic carbocycles. The minimum absolute atomic E-state index is 1.02. The minimum Gasteiger partial charge on any atom is -0.354 e. The molecule has 1 aliphatic heterocycles. The average Bonchev–Trinajstić information content (AvgIpc) is 1.93. The summed E-state index contributed by atoms with van der Waals surface area (Å²) in [5.74, 6) is -8.94. The van der Waals surface area contributed by atoms with Crippen LogP contribution < -0.4 is 0 Å². The lowest BCUT2D eigenvalue weighted by Gasteiger charge is -2.39. The van der Waals surface area contributed by atoms with E-state index in [4.69, 9.17) is 5.11 Å². The van der Waals surface area contributed by atoms with E-state index in [-0.39, 0.29) is 0 Å². The van der Waals surface area contributed by atoms with E-state index in [1.54, 1.807) is 0 Å². The Kier molecular flexibility index (Phi) is 2.25. The summed E-state index contributed by atoms with van der Waals surface area (Å²) in [5.41, 5.74) is 0. The fraction of sp³-hybridized carbons (Fsp3) is 1.00. The minimum atomic E-state index is -5.56. The van der Waals surface area contributed by atoms with E-state index >= 15 is 0 Å². The first-order valence-electron chi connectivity index (χ1n) is 3.09. The highest BCUT2D eigenvalue weighted by Crippen LogP contribution is 2.44. The third kappa shape index (κ3) is 1.49. The molecule has 13 heavy (non-hydrogen) atoms. The molecule has 0 spiro atoms. The summed E-state index contributed by atoms with van der Waals surface area (Å²) in [6.07, 6.45) is -5.56. The average molecular weight is 208 g/mol. The van der Waals surface area contributed by atoms with E-state index < -0.39 is 31.3 Å². The maximum atomic E-state index is 12.5. The van der Waals surface area contributed by atoms with Crippen molar-refractivity contribution >= 4 is 0 Å². The van der Waals surface area contributed by atoms with Gasteiger partial charge in [-0.25, -0.2) is 0 Å². The number of rotatable bonds is 0. The number of alkyl halides is 5. The van der Waals surface area contributed by atoms with Gasteiger partial charge < -0.3 is 14.6 Å². The van der Waals surface area contributed by atoms with E-state index in [1.165, 1.54) is 0 Å². The van der Waals surface area contributed by atoms with Gasteiger partial charge in [-0.2, -0.15) is 22.0 Å². The van der Waals surface area contributed by atoms with Gasteiger partial charge >= 0.3 is 17.9 Å². The number of aliphatic hydroxyl groups is 1. The molecular weight excluding hydrogens is 203 g/mol. The van der Waals surface area contributed by atoms with Gasteiger partial charge in [-0.15, -0.1) is 0 Å². The number of hydrogen-bond donors (Lipinski definition) is 1. The van der Waals surface area contributed by atoms with Crippen LogP contribution in [0.2, 0.25) is 0 Å². The molecule has 8 heteroatoms. The zero-order valence-electron chi connectivity index (χ0n) is 6.07. The van der Waals surface area contributed by atoms with Crippen LogP contribution in [0.3, 0.4) is 0 Å². The van der Waals surface area contributed by atoms with Gasteiger partial charge in [-0.3, -0.25) is 0 Å². The fourth-order valence-electron chi connectivity index (χ4n) is 0.789. The SMILES string of the molecule is OC1(C(F)(F)F)OCOCC1(F)F. The van der Waals surface area contributed by atoms with Crippen LogP contribution in [0.5, 0.6) is 0 Å². The predicted molar refractivity (Wildman–Crippen MR) is 27.9 cm³/mol. The van der Waals surface area contributed by atoms with Crippen LogP contribution in [0.15, 0.2) is 0 Å². The van der Waals surface area contributed by atoms with E-state index in [9.17, 15) is 22.0 Å². The molecule has 1 N–H and O–H groups in total. The molecule has 0 saturated carbocycles. The van der Waals surface area contributed by atoms with Crippen LogP contribution in [-0.2, 0) is 9.47 Å². The summed E-state index contributed by atoms with van der Waals surface area (Å²) < 4.78 is 68.2. The molecule has 0 radical (unpaired) electrons. The van der Waals surface area contributed by atoms with Crippen molar-refractivity contribution in [3.05, 3.63) is 0 Å². The highest BCUT2D eigenvalue weighted by atomic mass is 19.4. The van der Waals surface area contributed by atoms with Crippen LogP contribution in [0.4, 0.5) is 22.0 Å². The number of hydrogen-bond acceptors (Lipinski definition) is 3. The van der Waals surface area contributed by atoms with Crippen LogP contribution in [0.1, 0.15) is 0 Å². The van der Waals surface area contributed by atoms with Gasteiger partial charge in [0.05, 0.1) is 0 Å². The van der Waals surface area contributed by atoms with Crippen molar-refractivity contribution in [3.8, 4) is 0 Å². The second-order valence-corrected chi connectivity index (χ2v) is 2.46. The molecule has 78 valence electrons. The molecule has 0 aromatic rings. The molecule has 1 unspecified atom stereocenters. The van der Waals surface area contributed by atoms with Gasteiger partial charge in [0.2, 0.25) is 0 Å². The van der Waals surface area contributed by atoms with Crippen LogP contribution in [0, 0.1) is 0 Å². The molecule has 0 amide bonds. The van der Waals surface area contributed by atoms with Crippen molar-refractivity contribution in [1.82, 2.24) is 0 Å². The molecule has 1 heterocycles. The van der Waals surface area contributed by atoms with Crippen molar-refractivity contribution in [1.29, 1.82) is 0 Å². The van der Waals surface area contributed by atoms with Crippen molar-refractivity contribution in [2.75, 3.05) is 13.4 Å². The van der Waals surface area contributed by atoms with Gasteiger partial charge in [-0.05, 0) is 0 Å². The van der Waals surface area contributed by atoms with Crippen molar-refractivity contribution in [2.24, 2.45) is 0 Å². The Labute approximate surface area is 69.0 Å². The lowest BCUT2D eigenvalue weighted by Crippen LogP contribution is -2.65. The van der Waals surface area contributed by atoms with Gasteiger partial charge in [0, 0.05) is 0 Å². The van der Waals surface area contributed by atoms with Gasteiger partial charge in [0.15, 0.2) is 6.79 Å². The van der Waals surface area contributed by atoms with Crippen molar-refractivity contribution in [2.45, 2.75) is 17.9 Å². The fourth-order valence-corrected chi connectivity index (χ4v) is 0.789. The summed E-state index contributed by atoms with van der Waals surface area (Å²) in [7, 11) is 0. The Balaban J connectivity index is 2.98. The molecule has 1 saturated heterocycles. The topological polar surface area (TPSA) is 38.7 Å². The summed E-state index contributed by atoms with van der Waals surface area (Å²) in [5, 5.41) is 8.56. The molecule has 3 nitrogen and oxygen atoms in total. The summed E-state index contributed by atoms with van der Waals surface area (Å²) in [6.45, 7) is -2.55. The Morgan fingerprint density at radius 1 is 1.23 bits per heavy atom. The van der Waals surface area contributed by atoms with E-state index in [1.807, 2.05) is 0 Å². The first kappa shape index (κ1) is 10.6. The second kappa shape index (κ2) is 2.76. The molecule has 0 bridgehead atoms. The van der Waals surface area contributed by atoms with E-state index in [0.717, 1.165) is 0 Å². The largest absolute Gasteiger partial charge is 0.449 e. The van der Waals surface area contributed by atoms with E-state index in [0.29, 0.717) is 0 Å². The smallest absolute Gasteiger partial charge is 0.354 e. The number of ether oxygens (including phenoxy) is 2. The third-order valence-electron chi connectivity index (χ3n) is 1.51. The highest BCUT2D eigenvalue weighted by molar-refractivity contribution is 4.92. The molecular formula is C5H5F5O3. The predicted octanol–water partition coefficient (Wildman–Crippen LogP) is 0.877. The Morgan fingerprint density at radius 2 is 1.77 bits per heavy atom. The lowest BCUT2D eigenvalue weighted by molar-refractivity contribution is -0.469. The standard InChI is InChI=1S/C5H5F5O3/c6-3(7)1-12-2-13-4(3,11)5(8,9)10/h11H,1-2H2. The lowest BCUT2D eigenvalue weighted by atomic mass is 10.1. The van der Waals surface area contributed by atoms with Crippen molar-refractivity contribution < 1.29 is 36.5 Å². The first-order chi connectivity index (χ1) is 5.71. The molecule has 0 aromatic heterocycles. The second-order valence-electron chi connectivity index (χ2n) is 2.46. The van der Waals surface area contributed by atoms with Crippen LogP contribution >= 0.6 is 0 Å². The van der Waals surface area contributed by atoms with Gasteiger partial charge in [-0.1, -0.05) is 0 Å². The Hall–Kier alpha value is -0.470. The molecule has 1 aliphatic rings. The quantitative estimate of drug-likeness (QED) is 0.600. The summed E-state index contributed by atoms with van der Waals surface area (Å²) in [4.78, 5) is 0. The molecule has 1 atom stereocenters. The first-order valence-corrected chi connectivity index (χ1v) is 3.09. The van der Waals surface area contributed by atoms with Crippen molar-refractivity contribution in [3.63, 3.8) is 0 Å². The van der Waals surface area contributed by atoms with Crippen LogP contribution in [0.25, 0.3) is 0 Å². The summed E-state index contributed by atoms with van der Waals surface area (Å²) in [6, 6.07) is 0. The summed E-state index contributed by atoms with van der Waals surface area (Å²) >= 11 is 0. The number of halogens is 5. The molecule has 1 fully saturated rings. The van der Waals surface area contributed by atoms with Crippen LogP contribution in [-0.4, -0.2) is 36.4 Å². The Morgan fingerprint density at radius 3 is 2.08 bits per heavy atom. The zero-order valence-corrected chi connectivity index (χ0v) is 6.07. The maximum absolute atomic E-state index is 12.5.